The quantitative estimate of drug-likeness (QED) is 0.712. The highest BCUT2D eigenvalue weighted by Gasteiger charge is 2.42. The van der Waals surface area contributed by atoms with Crippen LogP contribution in [0.15, 0.2) is 0 Å². The zero-order valence-corrected chi connectivity index (χ0v) is 11.5. The molecule has 2 rings (SSSR count). The topological polar surface area (TPSA) is 69.7 Å². The minimum atomic E-state index is -0.455. The third-order valence-electron chi connectivity index (χ3n) is 3.88. The number of nitrogens with one attached hydrogen (secondary N) is 1. The molecule has 3 amide bonds. The lowest BCUT2D eigenvalue weighted by molar-refractivity contribution is -0.154. The van der Waals surface area contributed by atoms with Gasteiger partial charge in [0.2, 0.25) is 11.8 Å². The van der Waals surface area contributed by atoms with Gasteiger partial charge in [-0.1, -0.05) is 6.92 Å². The summed E-state index contributed by atoms with van der Waals surface area (Å²) >= 11 is 0. The molecule has 0 spiro atoms. The van der Waals surface area contributed by atoms with E-state index in [0.29, 0.717) is 19.4 Å². The number of piperidine rings is 1. The Bertz CT molecular complexity index is 397. The van der Waals surface area contributed by atoms with E-state index in [0.717, 1.165) is 24.3 Å². The fourth-order valence-corrected chi connectivity index (χ4v) is 2.71. The van der Waals surface area contributed by atoms with E-state index in [9.17, 15) is 14.4 Å². The third kappa shape index (κ3) is 2.63. The zero-order chi connectivity index (χ0) is 14.0. The number of carbonyl (C=O) groups is 3. The molecule has 2 heterocycles. The van der Waals surface area contributed by atoms with Crippen LogP contribution in [0.2, 0.25) is 0 Å². The Morgan fingerprint density at radius 2 is 1.95 bits per heavy atom. The van der Waals surface area contributed by atoms with Crippen molar-refractivity contribution in [2.75, 3.05) is 20.1 Å². The molecule has 19 heavy (non-hydrogen) atoms. The Morgan fingerprint density at radius 1 is 1.21 bits per heavy atom. The number of nitrogens with zero attached hydrogens (tertiary/aromatic N) is 2. The monoisotopic (exact) mass is 267 g/mol. The molecule has 0 radical (unpaired) electrons. The van der Waals surface area contributed by atoms with Crippen molar-refractivity contribution in [2.45, 2.75) is 44.7 Å². The van der Waals surface area contributed by atoms with Crippen molar-refractivity contribution in [1.82, 2.24) is 15.1 Å². The lowest BCUT2D eigenvalue weighted by Gasteiger charge is -2.33. The molecule has 6 heteroatoms. The summed E-state index contributed by atoms with van der Waals surface area (Å²) in [4.78, 5) is 38.6. The summed E-state index contributed by atoms with van der Waals surface area (Å²) in [6.07, 6.45) is 2.50. The van der Waals surface area contributed by atoms with E-state index < -0.39 is 6.04 Å². The van der Waals surface area contributed by atoms with Gasteiger partial charge in [0.15, 0.2) is 0 Å². The predicted molar refractivity (Wildman–Crippen MR) is 69.2 cm³/mol. The number of imide groups is 1. The Labute approximate surface area is 113 Å². The van der Waals surface area contributed by atoms with E-state index in [1.165, 1.54) is 7.05 Å². The second-order valence-corrected chi connectivity index (χ2v) is 5.17. The molecule has 0 aromatic heterocycles. The van der Waals surface area contributed by atoms with E-state index in [-0.39, 0.29) is 23.8 Å². The highest BCUT2D eigenvalue weighted by atomic mass is 16.2. The molecule has 0 aliphatic carbocycles. The SMILES string of the molecule is CCCNC1CCN(C2CCC(=O)N(C)C2=O)C1=O. The Kier molecular flexibility index (Phi) is 4.19. The first-order valence-electron chi connectivity index (χ1n) is 6.90. The van der Waals surface area contributed by atoms with Crippen molar-refractivity contribution in [3.8, 4) is 0 Å². The van der Waals surface area contributed by atoms with Crippen molar-refractivity contribution >= 4 is 17.7 Å². The average molecular weight is 267 g/mol. The maximum absolute atomic E-state index is 12.3. The van der Waals surface area contributed by atoms with Gasteiger partial charge in [0.25, 0.3) is 5.91 Å². The van der Waals surface area contributed by atoms with E-state index >= 15 is 0 Å². The van der Waals surface area contributed by atoms with Gasteiger partial charge >= 0.3 is 0 Å². The Balaban J connectivity index is 2.01. The molecule has 0 saturated carbocycles. The summed E-state index contributed by atoms with van der Waals surface area (Å²) in [6, 6.07) is -0.626. The number of hydrogen-bond donors (Lipinski definition) is 1. The molecule has 2 saturated heterocycles. The predicted octanol–water partition coefficient (Wildman–Crippen LogP) is -0.266. The van der Waals surface area contributed by atoms with Crippen LogP contribution in [0, 0.1) is 0 Å². The minimum absolute atomic E-state index is 0.00505. The Hall–Kier alpha value is -1.43. The molecule has 2 aliphatic rings. The molecule has 1 N–H and O–H groups in total. The molecule has 0 aromatic rings. The zero-order valence-electron chi connectivity index (χ0n) is 11.5. The first-order valence-corrected chi connectivity index (χ1v) is 6.90. The van der Waals surface area contributed by atoms with Crippen LogP contribution in [0.5, 0.6) is 0 Å². The van der Waals surface area contributed by atoms with Crippen LogP contribution in [-0.4, -0.2) is 59.7 Å². The molecule has 2 unspecified atom stereocenters. The van der Waals surface area contributed by atoms with Crippen molar-refractivity contribution in [2.24, 2.45) is 0 Å². The second kappa shape index (κ2) is 5.69. The van der Waals surface area contributed by atoms with Crippen molar-refractivity contribution in [3.05, 3.63) is 0 Å². The first kappa shape index (κ1) is 14.0. The van der Waals surface area contributed by atoms with Gasteiger partial charge in [-0.3, -0.25) is 19.3 Å². The third-order valence-corrected chi connectivity index (χ3v) is 3.88. The second-order valence-electron chi connectivity index (χ2n) is 5.17. The van der Waals surface area contributed by atoms with Gasteiger partial charge in [-0.2, -0.15) is 0 Å². The van der Waals surface area contributed by atoms with Gasteiger partial charge < -0.3 is 10.2 Å². The van der Waals surface area contributed by atoms with Crippen LogP contribution in [-0.2, 0) is 14.4 Å². The molecule has 6 nitrogen and oxygen atoms in total. The summed E-state index contributed by atoms with van der Waals surface area (Å²) in [5.41, 5.74) is 0. The smallest absolute Gasteiger partial charge is 0.251 e. The van der Waals surface area contributed by atoms with E-state index in [2.05, 4.69) is 12.2 Å². The van der Waals surface area contributed by atoms with E-state index in [4.69, 9.17) is 0 Å². The van der Waals surface area contributed by atoms with Crippen LogP contribution in [0.1, 0.15) is 32.6 Å². The van der Waals surface area contributed by atoms with Gasteiger partial charge in [0.05, 0.1) is 6.04 Å². The number of rotatable bonds is 4. The summed E-state index contributed by atoms with van der Waals surface area (Å²) in [6.45, 7) is 3.45. The maximum atomic E-state index is 12.3. The largest absolute Gasteiger partial charge is 0.329 e. The number of carbonyl (C=O) groups excluding carboxylic acids is 3. The van der Waals surface area contributed by atoms with Gasteiger partial charge in [-0.05, 0) is 25.8 Å². The molecule has 0 bridgehead atoms. The summed E-state index contributed by atoms with van der Waals surface area (Å²) in [5.74, 6) is -0.413. The molecule has 2 atom stereocenters. The van der Waals surface area contributed by atoms with Crippen molar-refractivity contribution < 1.29 is 14.4 Å². The summed E-state index contributed by atoms with van der Waals surface area (Å²) in [5, 5.41) is 3.20. The van der Waals surface area contributed by atoms with Crippen LogP contribution >= 0.6 is 0 Å². The van der Waals surface area contributed by atoms with Gasteiger partial charge in [0, 0.05) is 20.0 Å². The maximum Gasteiger partial charge on any atom is 0.251 e. The highest BCUT2D eigenvalue weighted by molar-refractivity contribution is 6.02. The van der Waals surface area contributed by atoms with Gasteiger partial charge in [-0.25, -0.2) is 0 Å². The van der Waals surface area contributed by atoms with Crippen LogP contribution in [0.25, 0.3) is 0 Å². The molecule has 2 aliphatic heterocycles. The highest BCUT2D eigenvalue weighted by Crippen LogP contribution is 2.22. The van der Waals surface area contributed by atoms with Gasteiger partial charge in [0.1, 0.15) is 6.04 Å². The molecule has 106 valence electrons. The van der Waals surface area contributed by atoms with Gasteiger partial charge in [-0.15, -0.1) is 0 Å². The summed E-state index contributed by atoms with van der Waals surface area (Å²) in [7, 11) is 1.49. The molecule has 0 aromatic carbocycles. The first-order chi connectivity index (χ1) is 9.06. The minimum Gasteiger partial charge on any atom is -0.329 e. The summed E-state index contributed by atoms with van der Waals surface area (Å²) < 4.78 is 0. The molecular formula is C13H21N3O3. The van der Waals surface area contributed by atoms with Crippen molar-refractivity contribution in [1.29, 1.82) is 0 Å². The van der Waals surface area contributed by atoms with Crippen molar-refractivity contribution in [3.63, 3.8) is 0 Å². The average Bonchev–Trinajstić information content (AvgIpc) is 2.75. The van der Waals surface area contributed by atoms with E-state index in [1.807, 2.05) is 0 Å². The fourth-order valence-electron chi connectivity index (χ4n) is 2.71. The number of likely N-dealkylation sites (N-methyl/N-ethyl adjacent to an activating group) is 1. The number of likely N-dealkylation sites (tertiary alicyclic amines) is 2. The Morgan fingerprint density at radius 3 is 2.63 bits per heavy atom. The molecule has 2 fully saturated rings. The van der Waals surface area contributed by atoms with Crippen LogP contribution in [0.3, 0.4) is 0 Å². The normalized spacial score (nSPS) is 28.4. The number of hydrogen-bond acceptors (Lipinski definition) is 4. The van der Waals surface area contributed by atoms with Crippen LogP contribution < -0.4 is 5.32 Å². The van der Waals surface area contributed by atoms with Crippen LogP contribution in [0.4, 0.5) is 0 Å². The van der Waals surface area contributed by atoms with E-state index in [1.54, 1.807) is 4.90 Å². The lowest BCUT2D eigenvalue weighted by atomic mass is 10.0. The standard InChI is InChI=1S/C13H21N3O3/c1-3-7-14-9-6-8-16(12(9)18)10-4-5-11(17)15(2)13(10)19/h9-10,14H,3-8H2,1-2H3. The fraction of sp³-hybridized carbons (Fsp3) is 0.769. The molecular weight excluding hydrogens is 246 g/mol. The lowest BCUT2D eigenvalue weighted by Crippen LogP contribution is -2.54. The number of amides is 3.